The molecular weight excluding hydrogens is 206 g/mol. The Kier molecular flexibility index (Phi) is 11.2. The van der Waals surface area contributed by atoms with Crippen LogP contribution in [0.15, 0.2) is 0 Å². The second-order valence-electron chi connectivity index (χ2n) is 4.20. The summed E-state index contributed by atoms with van der Waals surface area (Å²) in [5, 5.41) is 3.33. The minimum absolute atomic E-state index is 0.241. The predicted molar refractivity (Wildman–Crippen MR) is 65.9 cm³/mol. The van der Waals surface area contributed by atoms with Gasteiger partial charge in [0.1, 0.15) is 0 Å². The van der Waals surface area contributed by atoms with Gasteiger partial charge in [0, 0.05) is 32.9 Å². The molecule has 0 aliphatic carbocycles. The number of ether oxygens (including phenoxy) is 3. The molecule has 4 heteroatoms. The molecule has 0 saturated heterocycles. The van der Waals surface area contributed by atoms with Crippen molar-refractivity contribution in [3.63, 3.8) is 0 Å². The topological polar surface area (TPSA) is 39.7 Å². The summed E-state index contributed by atoms with van der Waals surface area (Å²) in [6, 6.07) is 0.511. The molecule has 0 radical (unpaired) electrons. The van der Waals surface area contributed by atoms with Gasteiger partial charge in [0.2, 0.25) is 0 Å². The van der Waals surface area contributed by atoms with Gasteiger partial charge in [0.05, 0.1) is 19.3 Å². The highest BCUT2D eigenvalue weighted by atomic mass is 16.5. The molecule has 16 heavy (non-hydrogen) atoms. The molecule has 1 unspecified atom stereocenters. The average molecular weight is 233 g/mol. The Morgan fingerprint density at radius 3 is 2.38 bits per heavy atom. The second-order valence-corrected chi connectivity index (χ2v) is 4.20. The zero-order valence-electron chi connectivity index (χ0n) is 11.1. The Morgan fingerprint density at radius 2 is 1.75 bits per heavy atom. The van der Waals surface area contributed by atoms with E-state index in [0.29, 0.717) is 19.3 Å². The molecule has 0 fully saturated rings. The van der Waals surface area contributed by atoms with Crippen LogP contribution in [0.2, 0.25) is 0 Å². The second kappa shape index (κ2) is 11.3. The van der Waals surface area contributed by atoms with E-state index in [1.165, 1.54) is 0 Å². The molecule has 1 atom stereocenters. The zero-order chi connectivity index (χ0) is 12.2. The van der Waals surface area contributed by atoms with Gasteiger partial charge in [-0.1, -0.05) is 13.8 Å². The lowest BCUT2D eigenvalue weighted by atomic mass is 10.3. The third kappa shape index (κ3) is 11.9. The molecule has 1 N–H and O–H groups in total. The smallest absolute Gasteiger partial charge is 0.0704 e. The van der Waals surface area contributed by atoms with Crippen molar-refractivity contribution < 1.29 is 14.2 Å². The maximum Gasteiger partial charge on any atom is 0.0704 e. The predicted octanol–water partition coefficient (Wildman–Crippen LogP) is 1.44. The van der Waals surface area contributed by atoms with E-state index in [2.05, 4.69) is 26.1 Å². The van der Waals surface area contributed by atoms with E-state index in [0.717, 1.165) is 26.2 Å². The molecule has 0 heterocycles. The monoisotopic (exact) mass is 233 g/mol. The van der Waals surface area contributed by atoms with Crippen molar-refractivity contribution in [1.29, 1.82) is 0 Å². The summed E-state index contributed by atoms with van der Waals surface area (Å²) in [5.41, 5.74) is 0. The van der Waals surface area contributed by atoms with Gasteiger partial charge in [-0.25, -0.2) is 0 Å². The van der Waals surface area contributed by atoms with Crippen LogP contribution in [0.3, 0.4) is 0 Å². The van der Waals surface area contributed by atoms with Crippen LogP contribution in [-0.4, -0.2) is 52.2 Å². The van der Waals surface area contributed by atoms with Crippen LogP contribution in [0.1, 0.15) is 27.2 Å². The third-order valence-electron chi connectivity index (χ3n) is 2.08. The number of rotatable bonds is 11. The molecule has 0 saturated carbocycles. The van der Waals surface area contributed by atoms with E-state index in [1.807, 2.05) is 0 Å². The first-order valence-corrected chi connectivity index (χ1v) is 6.08. The van der Waals surface area contributed by atoms with Crippen LogP contribution in [0.25, 0.3) is 0 Å². The number of methoxy groups -OCH3 is 1. The Morgan fingerprint density at radius 1 is 1.00 bits per heavy atom. The Hall–Kier alpha value is -0.160. The number of hydrogen-bond donors (Lipinski definition) is 1. The Balaban J connectivity index is 3.12. The molecule has 0 aliphatic heterocycles. The van der Waals surface area contributed by atoms with Crippen LogP contribution in [0.5, 0.6) is 0 Å². The molecule has 0 aromatic carbocycles. The van der Waals surface area contributed by atoms with Gasteiger partial charge in [-0.3, -0.25) is 0 Å². The quantitative estimate of drug-likeness (QED) is 0.548. The highest BCUT2D eigenvalue weighted by Crippen LogP contribution is 1.91. The molecular formula is C12H27NO3. The van der Waals surface area contributed by atoms with Gasteiger partial charge in [-0.05, 0) is 13.3 Å². The lowest BCUT2D eigenvalue weighted by molar-refractivity contribution is 0.00829. The molecule has 0 aromatic rings. The van der Waals surface area contributed by atoms with Gasteiger partial charge in [-0.15, -0.1) is 0 Å². The zero-order valence-corrected chi connectivity index (χ0v) is 11.1. The minimum atomic E-state index is 0.241. The van der Waals surface area contributed by atoms with Crippen LogP contribution in [-0.2, 0) is 14.2 Å². The summed E-state index contributed by atoms with van der Waals surface area (Å²) in [5.74, 6) is 0. The number of nitrogens with one attached hydrogen (secondary N) is 1. The fourth-order valence-corrected chi connectivity index (χ4v) is 1.18. The summed E-state index contributed by atoms with van der Waals surface area (Å²) in [6.07, 6.45) is 1.19. The summed E-state index contributed by atoms with van der Waals surface area (Å²) >= 11 is 0. The lowest BCUT2D eigenvalue weighted by Gasteiger charge is -2.15. The standard InChI is InChI=1S/C12H27NO3/c1-11(2)13-10-12(3)16-9-8-15-7-5-6-14-4/h11-13H,5-10H2,1-4H3. The summed E-state index contributed by atoms with van der Waals surface area (Å²) < 4.78 is 15.9. The normalized spacial score (nSPS) is 13.3. The molecule has 98 valence electrons. The molecule has 0 spiro atoms. The van der Waals surface area contributed by atoms with E-state index in [-0.39, 0.29) is 6.10 Å². The Bertz CT molecular complexity index is 142. The SMILES string of the molecule is COCCCOCCOC(C)CNC(C)C. The van der Waals surface area contributed by atoms with Crippen LogP contribution in [0, 0.1) is 0 Å². The largest absolute Gasteiger partial charge is 0.385 e. The van der Waals surface area contributed by atoms with E-state index in [4.69, 9.17) is 14.2 Å². The first-order chi connectivity index (χ1) is 7.66. The molecule has 0 aromatic heterocycles. The third-order valence-corrected chi connectivity index (χ3v) is 2.08. The number of hydrogen-bond acceptors (Lipinski definition) is 4. The first-order valence-electron chi connectivity index (χ1n) is 6.08. The fraction of sp³-hybridized carbons (Fsp3) is 1.00. The van der Waals surface area contributed by atoms with E-state index < -0.39 is 0 Å². The first kappa shape index (κ1) is 15.8. The van der Waals surface area contributed by atoms with Crippen molar-refractivity contribution in [2.45, 2.75) is 39.3 Å². The highest BCUT2D eigenvalue weighted by Gasteiger charge is 2.02. The van der Waals surface area contributed by atoms with Crippen molar-refractivity contribution in [2.24, 2.45) is 0 Å². The van der Waals surface area contributed by atoms with Crippen molar-refractivity contribution in [3.8, 4) is 0 Å². The van der Waals surface area contributed by atoms with E-state index in [9.17, 15) is 0 Å². The van der Waals surface area contributed by atoms with Gasteiger partial charge >= 0.3 is 0 Å². The molecule has 0 bridgehead atoms. The van der Waals surface area contributed by atoms with Crippen molar-refractivity contribution >= 4 is 0 Å². The molecule has 0 aliphatic rings. The van der Waals surface area contributed by atoms with E-state index >= 15 is 0 Å². The van der Waals surface area contributed by atoms with Gasteiger partial charge in [0.15, 0.2) is 0 Å². The highest BCUT2D eigenvalue weighted by molar-refractivity contribution is 4.58. The van der Waals surface area contributed by atoms with Gasteiger partial charge < -0.3 is 19.5 Å². The van der Waals surface area contributed by atoms with Crippen LogP contribution in [0.4, 0.5) is 0 Å². The van der Waals surface area contributed by atoms with Crippen LogP contribution >= 0.6 is 0 Å². The van der Waals surface area contributed by atoms with Crippen molar-refractivity contribution in [2.75, 3.05) is 40.1 Å². The molecule has 0 amide bonds. The summed E-state index contributed by atoms with van der Waals surface area (Å²) in [6.45, 7) is 10.0. The van der Waals surface area contributed by atoms with Crippen LogP contribution < -0.4 is 5.32 Å². The molecule has 4 nitrogen and oxygen atoms in total. The maximum atomic E-state index is 5.58. The Labute approximate surface area is 99.6 Å². The van der Waals surface area contributed by atoms with E-state index in [1.54, 1.807) is 7.11 Å². The average Bonchev–Trinajstić information content (AvgIpc) is 2.25. The lowest BCUT2D eigenvalue weighted by Crippen LogP contribution is -2.32. The molecule has 0 rings (SSSR count). The van der Waals surface area contributed by atoms with Crippen molar-refractivity contribution in [1.82, 2.24) is 5.32 Å². The summed E-state index contributed by atoms with van der Waals surface area (Å²) in [7, 11) is 1.70. The summed E-state index contributed by atoms with van der Waals surface area (Å²) in [4.78, 5) is 0. The van der Waals surface area contributed by atoms with Gasteiger partial charge in [0.25, 0.3) is 0 Å². The minimum Gasteiger partial charge on any atom is -0.385 e. The van der Waals surface area contributed by atoms with Gasteiger partial charge in [-0.2, -0.15) is 0 Å². The maximum absolute atomic E-state index is 5.58. The fourth-order valence-electron chi connectivity index (χ4n) is 1.18. The van der Waals surface area contributed by atoms with Crippen molar-refractivity contribution in [3.05, 3.63) is 0 Å².